The van der Waals surface area contributed by atoms with E-state index >= 15 is 0 Å². The summed E-state index contributed by atoms with van der Waals surface area (Å²) in [6.07, 6.45) is 3.99. The van der Waals surface area contributed by atoms with Gasteiger partial charge in [0.15, 0.2) is 0 Å². The van der Waals surface area contributed by atoms with Gasteiger partial charge >= 0.3 is 0 Å². The van der Waals surface area contributed by atoms with Gasteiger partial charge in [0.05, 0.1) is 0 Å². The molecule has 1 aliphatic rings. The van der Waals surface area contributed by atoms with Crippen molar-refractivity contribution in [3.05, 3.63) is 29.8 Å². The lowest BCUT2D eigenvalue weighted by Gasteiger charge is -2.43. The Labute approximate surface area is 96.4 Å². The minimum Gasteiger partial charge on any atom is -0.398 e. The van der Waals surface area contributed by atoms with Crippen LogP contribution in [0.15, 0.2) is 24.3 Å². The number of anilines is 1. The van der Waals surface area contributed by atoms with Crippen LogP contribution in [-0.2, 0) is 5.41 Å². The molecule has 0 aromatic heterocycles. The number of benzene rings is 1. The fraction of sp³-hybridized carbons (Fsp3) is 0.538. The molecule has 1 aromatic rings. The second-order valence-electron chi connectivity index (χ2n) is 4.36. The zero-order chi connectivity index (χ0) is 10.7. The summed E-state index contributed by atoms with van der Waals surface area (Å²) in [4.78, 5) is 0. The van der Waals surface area contributed by atoms with E-state index in [-0.39, 0.29) is 0 Å². The molecule has 1 saturated carbocycles. The maximum Gasteiger partial charge on any atom is 0.0352 e. The molecule has 1 fully saturated rings. The van der Waals surface area contributed by atoms with Crippen molar-refractivity contribution in [2.45, 2.75) is 31.6 Å². The first-order valence-electron chi connectivity index (χ1n) is 5.71. The number of para-hydroxylation sites is 1. The van der Waals surface area contributed by atoms with E-state index in [1.165, 1.54) is 36.3 Å². The van der Waals surface area contributed by atoms with Crippen molar-refractivity contribution >= 4 is 17.4 Å². The third-order valence-electron chi connectivity index (χ3n) is 3.43. The SMILES string of the molecule is CCSCC1(c2ccccc2N)CCC1. The van der Waals surface area contributed by atoms with Gasteiger partial charge < -0.3 is 5.73 Å². The molecule has 15 heavy (non-hydrogen) atoms. The van der Waals surface area contributed by atoms with Gasteiger partial charge in [-0.05, 0) is 30.2 Å². The van der Waals surface area contributed by atoms with Gasteiger partial charge in [0.1, 0.15) is 0 Å². The fourth-order valence-corrected chi connectivity index (χ4v) is 3.41. The summed E-state index contributed by atoms with van der Waals surface area (Å²) in [5, 5.41) is 0. The highest BCUT2D eigenvalue weighted by Crippen LogP contribution is 2.47. The van der Waals surface area contributed by atoms with Crippen LogP contribution in [0, 0.1) is 0 Å². The summed E-state index contributed by atoms with van der Waals surface area (Å²) in [6.45, 7) is 2.23. The van der Waals surface area contributed by atoms with Gasteiger partial charge in [0.25, 0.3) is 0 Å². The van der Waals surface area contributed by atoms with Crippen LogP contribution in [0.25, 0.3) is 0 Å². The van der Waals surface area contributed by atoms with E-state index in [0.29, 0.717) is 5.41 Å². The summed E-state index contributed by atoms with van der Waals surface area (Å²) in [6, 6.07) is 8.39. The highest BCUT2D eigenvalue weighted by atomic mass is 32.2. The summed E-state index contributed by atoms with van der Waals surface area (Å²) in [5.41, 5.74) is 8.84. The van der Waals surface area contributed by atoms with Gasteiger partial charge in [0.2, 0.25) is 0 Å². The van der Waals surface area contributed by atoms with Crippen LogP contribution in [0.5, 0.6) is 0 Å². The molecule has 0 spiro atoms. The van der Waals surface area contributed by atoms with Crippen molar-refractivity contribution in [3.63, 3.8) is 0 Å². The van der Waals surface area contributed by atoms with E-state index in [0.717, 1.165) is 5.69 Å². The van der Waals surface area contributed by atoms with E-state index in [4.69, 9.17) is 5.73 Å². The third-order valence-corrected chi connectivity index (χ3v) is 4.59. The molecule has 2 rings (SSSR count). The smallest absolute Gasteiger partial charge is 0.0352 e. The monoisotopic (exact) mass is 221 g/mol. The van der Waals surface area contributed by atoms with Crippen molar-refractivity contribution in [1.29, 1.82) is 0 Å². The number of nitrogen functional groups attached to an aromatic ring is 1. The lowest BCUT2D eigenvalue weighted by atomic mass is 9.65. The average Bonchev–Trinajstić information content (AvgIpc) is 2.19. The lowest BCUT2D eigenvalue weighted by molar-refractivity contribution is 0.280. The molecule has 0 aliphatic heterocycles. The van der Waals surface area contributed by atoms with Crippen LogP contribution in [0.3, 0.4) is 0 Å². The van der Waals surface area contributed by atoms with Crippen molar-refractivity contribution in [2.24, 2.45) is 0 Å². The summed E-state index contributed by atoms with van der Waals surface area (Å²) < 4.78 is 0. The molecule has 0 heterocycles. The molecule has 1 nitrogen and oxygen atoms in total. The maximum atomic E-state index is 6.08. The number of hydrogen-bond donors (Lipinski definition) is 1. The summed E-state index contributed by atoms with van der Waals surface area (Å²) in [5.74, 6) is 2.44. The van der Waals surface area contributed by atoms with Crippen LogP contribution < -0.4 is 5.73 Å². The third kappa shape index (κ3) is 2.00. The average molecular weight is 221 g/mol. The highest BCUT2D eigenvalue weighted by molar-refractivity contribution is 7.99. The summed E-state index contributed by atoms with van der Waals surface area (Å²) >= 11 is 2.04. The Hall–Kier alpha value is -0.630. The van der Waals surface area contributed by atoms with Gasteiger partial charge in [0, 0.05) is 16.9 Å². The molecule has 0 saturated heterocycles. The molecule has 2 N–H and O–H groups in total. The van der Waals surface area contributed by atoms with Crippen molar-refractivity contribution in [1.82, 2.24) is 0 Å². The van der Waals surface area contributed by atoms with Gasteiger partial charge in [-0.15, -0.1) is 0 Å². The van der Waals surface area contributed by atoms with Gasteiger partial charge in [-0.2, -0.15) is 11.8 Å². The van der Waals surface area contributed by atoms with E-state index in [1.54, 1.807) is 0 Å². The number of thioether (sulfide) groups is 1. The zero-order valence-corrected chi connectivity index (χ0v) is 10.1. The largest absolute Gasteiger partial charge is 0.398 e. The van der Waals surface area contributed by atoms with Gasteiger partial charge in [-0.3, -0.25) is 0 Å². The summed E-state index contributed by atoms with van der Waals surface area (Å²) in [7, 11) is 0. The standard InChI is InChI=1S/C13H19NS/c1-2-15-10-13(8-5-9-13)11-6-3-4-7-12(11)14/h3-4,6-7H,2,5,8-10,14H2,1H3. The second-order valence-corrected chi connectivity index (χ2v) is 5.63. The normalized spacial score (nSPS) is 18.5. The van der Waals surface area contributed by atoms with Crippen LogP contribution in [0.4, 0.5) is 5.69 Å². The molecule has 0 bridgehead atoms. The first-order chi connectivity index (χ1) is 7.28. The maximum absolute atomic E-state index is 6.08. The second kappa shape index (κ2) is 4.48. The molecule has 0 unspecified atom stereocenters. The van der Waals surface area contributed by atoms with Crippen LogP contribution in [-0.4, -0.2) is 11.5 Å². The number of nitrogens with two attached hydrogens (primary N) is 1. The Morgan fingerprint density at radius 2 is 2.07 bits per heavy atom. The van der Waals surface area contributed by atoms with Crippen LogP contribution in [0.2, 0.25) is 0 Å². The Morgan fingerprint density at radius 1 is 1.33 bits per heavy atom. The van der Waals surface area contributed by atoms with Crippen LogP contribution in [0.1, 0.15) is 31.7 Å². The molecule has 2 heteroatoms. The molecular weight excluding hydrogens is 202 g/mol. The molecule has 1 aromatic carbocycles. The fourth-order valence-electron chi connectivity index (χ4n) is 2.37. The molecule has 0 atom stereocenters. The van der Waals surface area contributed by atoms with Crippen molar-refractivity contribution in [3.8, 4) is 0 Å². The van der Waals surface area contributed by atoms with Gasteiger partial charge in [-0.25, -0.2) is 0 Å². The number of rotatable bonds is 4. The zero-order valence-electron chi connectivity index (χ0n) is 9.33. The van der Waals surface area contributed by atoms with E-state index in [9.17, 15) is 0 Å². The molecular formula is C13H19NS. The lowest BCUT2D eigenvalue weighted by Crippen LogP contribution is -2.37. The minimum absolute atomic E-state index is 0.395. The predicted octanol–water partition coefficient (Wildman–Crippen LogP) is 3.44. The Balaban J connectivity index is 2.22. The first-order valence-corrected chi connectivity index (χ1v) is 6.87. The quantitative estimate of drug-likeness (QED) is 0.788. The van der Waals surface area contributed by atoms with Crippen LogP contribution >= 0.6 is 11.8 Å². The van der Waals surface area contributed by atoms with E-state index < -0.39 is 0 Å². The minimum atomic E-state index is 0.395. The molecule has 0 amide bonds. The van der Waals surface area contributed by atoms with E-state index in [2.05, 4.69) is 19.1 Å². The van der Waals surface area contributed by atoms with E-state index in [1.807, 2.05) is 23.9 Å². The van der Waals surface area contributed by atoms with Crippen molar-refractivity contribution in [2.75, 3.05) is 17.2 Å². The Kier molecular flexibility index (Phi) is 3.25. The molecule has 0 radical (unpaired) electrons. The van der Waals surface area contributed by atoms with Gasteiger partial charge in [-0.1, -0.05) is 31.5 Å². The first kappa shape index (κ1) is 10.9. The molecule has 82 valence electrons. The van der Waals surface area contributed by atoms with Crippen molar-refractivity contribution < 1.29 is 0 Å². The number of hydrogen-bond acceptors (Lipinski definition) is 2. The molecule has 1 aliphatic carbocycles. The highest BCUT2D eigenvalue weighted by Gasteiger charge is 2.39. The predicted molar refractivity (Wildman–Crippen MR) is 69.4 cm³/mol. The Morgan fingerprint density at radius 3 is 2.60 bits per heavy atom. The topological polar surface area (TPSA) is 26.0 Å². The Bertz CT molecular complexity index is 331.